The minimum absolute atomic E-state index is 0.199. The highest BCUT2D eigenvalue weighted by Crippen LogP contribution is 2.59. The second kappa shape index (κ2) is 9.07. The third-order valence-corrected chi connectivity index (χ3v) is 7.62. The lowest BCUT2D eigenvalue weighted by molar-refractivity contribution is -0.124. The predicted octanol–water partition coefficient (Wildman–Crippen LogP) is 3.18. The summed E-state index contributed by atoms with van der Waals surface area (Å²) in [6.07, 6.45) is 13.3. The summed E-state index contributed by atoms with van der Waals surface area (Å²) in [7, 11) is 0. The van der Waals surface area contributed by atoms with Crippen LogP contribution < -0.4 is 5.32 Å². The SMILES string of the molecule is CCOC(=O)N1CCC(NC(=O)[C@@H]2CC23CCN(C[C@H]2CC=CCC2)CC3)CC1. The molecule has 0 unspecified atom stereocenters. The van der Waals surface area contributed by atoms with Crippen LogP contribution in [0.25, 0.3) is 0 Å². The fourth-order valence-corrected chi connectivity index (χ4v) is 5.56. The molecule has 0 radical (unpaired) electrons. The summed E-state index contributed by atoms with van der Waals surface area (Å²) in [4.78, 5) is 29.0. The molecule has 2 aliphatic carbocycles. The van der Waals surface area contributed by atoms with Crippen molar-refractivity contribution < 1.29 is 14.3 Å². The van der Waals surface area contributed by atoms with Crippen molar-refractivity contribution in [1.29, 1.82) is 0 Å². The summed E-state index contributed by atoms with van der Waals surface area (Å²) in [5, 5.41) is 3.28. The van der Waals surface area contributed by atoms with Crippen molar-refractivity contribution in [2.75, 3.05) is 39.3 Å². The number of allylic oxidation sites excluding steroid dienone is 2. The molecule has 4 aliphatic rings. The zero-order chi connectivity index (χ0) is 20.3. The van der Waals surface area contributed by atoms with Gasteiger partial charge in [-0.3, -0.25) is 4.79 Å². The van der Waals surface area contributed by atoms with Gasteiger partial charge in [0.25, 0.3) is 0 Å². The van der Waals surface area contributed by atoms with Gasteiger partial charge in [-0.15, -0.1) is 0 Å². The fourth-order valence-electron chi connectivity index (χ4n) is 5.56. The van der Waals surface area contributed by atoms with Crippen LogP contribution in [-0.2, 0) is 9.53 Å². The highest BCUT2D eigenvalue weighted by Gasteiger charge is 2.58. The summed E-state index contributed by atoms with van der Waals surface area (Å²) in [5.74, 6) is 1.30. The van der Waals surface area contributed by atoms with Gasteiger partial charge in [0.15, 0.2) is 0 Å². The molecule has 2 amide bonds. The monoisotopic (exact) mass is 403 g/mol. The summed E-state index contributed by atoms with van der Waals surface area (Å²) in [6, 6.07) is 0.199. The highest BCUT2D eigenvalue weighted by molar-refractivity contribution is 5.83. The van der Waals surface area contributed by atoms with Crippen molar-refractivity contribution in [2.45, 2.75) is 64.3 Å². The number of likely N-dealkylation sites (tertiary alicyclic amines) is 2. The molecule has 2 saturated heterocycles. The van der Waals surface area contributed by atoms with E-state index in [-0.39, 0.29) is 29.4 Å². The van der Waals surface area contributed by atoms with E-state index in [4.69, 9.17) is 4.74 Å². The maximum atomic E-state index is 12.8. The van der Waals surface area contributed by atoms with Gasteiger partial charge in [0, 0.05) is 31.6 Å². The molecule has 3 fully saturated rings. The number of nitrogens with zero attached hydrogens (tertiary/aromatic N) is 2. The van der Waals surface area contributed by atoms with Gasteiger partial charge in [0.2, 0.25) is 5.91 Å². The highest BCUT2D eigenvalue weighted by atomic mass is 16.6. The number of carbonyl (C=O) groups is 2. The largest absolute Gasteiger partial charge is 0.450 e. The Morgan fingerprint density at radius 2 is 1.86 bits per heavy atom. The summed E-state index contributed by atoms with van der Waals surface area (Å²) < 4.78 is 5.07. The average molecular weight is 404 g/mol. The number of amides is 2. The molecular weight excluding hydrogens is 366 g/mol. The maximum absolute atomic E-state index is 12.8. The molecule has 0 aromatic rings. The number of piperidine rings is 2. The molecule has 29 heavy (non-hydrogen) atoms. The van der Waals surface area contributed by atoms with E-state index in [1.54, 1.807) is 4.90 Å². The Morgan fingerprint density at radius 3 is 2.52 bits per heavy atom. The molecule has 1 spiro atoms. The van der Waals surface area contributed by atoms with Crippen LogP contribution in [0.5, 0.6) is 0 Å². The van der Waals surface area contributed by atoms with Crippen LogP contribution in [0.2, 0.25) is 0 Å². The minimum Gasteiger partial charge on any atom is -0.450 e. The van der Waals surface area contributed by atoms with Crippen LogP contribution in [0.1, 0.15) is 58.3 Å². The van der Waals surface area contributed by atoms with Crippen LogP contribution in [0.3, 0.4) is 0 Å². The van der Waals surface area contributed by atoms with E-state index in [0.717, 1.165) is 38.3 Å². The number of carbonyl (C=O) groups excluding carboxylic acids is 2. The predicted molar refractivity (Wildman–Crippen MR) is 112 cm³/mol. The van der Waals surface area contributed by atoms with Crippen LogP contribution in [0, 0.1) is 17.3 Å². The summed E-state index contributed by atoms with van der Waals surface area (Å²) in [5.41, 5.74) is 0.276. The van der Waals surface area contributed by atoms with Crippen LogP contribution in [0.4, 0.5) is 4.79 Å². The maximum Gasteiger partial charge on any atom is 0.409 e. The molecule has 1 N–H and O–H groups in total. The van der Waals surface area contributed by atoms with E-state index in [1.165, 1.54) is 38.6 Å². The molecule has 2 atom stereocenters. The topological polar surface area (TPSA) is 61.9 Å². The van der Waals surface area contributed by atoms with Crippen molar-refractivity contribution in [3.05, 3.63) is 12.2 Å². The molecule has 162 valence electrons. The lowest BCUT2D eigenvalue weighted by atomic mass is 9.88. The number of ether oxygens (including phenoxy) is 1. The normalized spacial score (nSPS) is 29.6. The summed E-state index contributed by atoms with van der Waals surface area (Å²) >= 11 is 0. The Kier molecular flexibility index (Phi) is 6.47. The Labute approximate surface area is 175 Å². The van der Waals surface area contributed by atoms with Gasteiger partial charge in [-0.25, -0.2) is 4.79 Å². The van der Waals surface area contributed by atoms with Crippen molar-refractivity contribution >= 4 is 12.0 Å². The number of nitrogens with one attached hydrogen (secondary N) is 1. The Balaban J connectivity index is 1.16. The molecule has 2 aliphatic heterocycles. The van der Waals surface area contributed by atoms with E-state index in [0.29, 0.717) is 19.7 Å². The van der Waals surface area contributed by atoms with Crippen molar-refractivity contribution in [2.24, 2.45) is 17.3 Å². The molecule has 0 bridgehead atoms. The number of rotatable bonds is 5. The molecular formula is C23H37N3O3. The quantitative estimate of drug-likeness (QED) is 0.716. The number of hydrogen-bond acceptors (Lipinski definition) is 4. The van der Waals surface area contributed by atoms with Crippen LogP contribution in [0.15, 0.2) is 12.2 Å². The van der Waals surface area contributed by atoms with E-state index in [1.807, 2.05) is 6.92 Å². The Hall–Kier alpha value is -1.56. The second-order valence-electron chi connectivity index (χ2n) is 9.54. The van der Waals surface area contributed by atoms with Gasteiger partial charge in [-0.1, -0.05) is 12.2 Å². The minimum atomic E-state index is -0.227. The van der Waals surface area contributed by atoms with Gasteiger partial charge >= 0.3 is 6.09 Å². The third-order valence-electron chi connectivity index (χ3n) is 7.62. The van der Waals surface area contributed by atoms with Crippen molar-refractivity contribution in [1.82, 2.24) is 15.1 Å². The first-order valence-corrected chi connectivity index (χ1v) is 11.7. The third kappa shape index (κ3) is 4.96. The second-order valence-corrected chi connectivity index (χ2v) is 9.54. The average Bonchev–Trinajstić information content (AvgIpc) is 3.45. The van der Waals surface area contributed by atoms with Gasteiger partial charge in [0.1, 0.15) is 0 Å². The van der Waals surface area contributed by atoms with Gasteiger partial charge in [0.05, 0.1) is 6.61 Å². The van der Waals surface area contributed by atoms with E-state index in [2.05, 4.69) is 22.4 Å². The molecule has 4 rings (SSSR count). The fraction of sp³-hybridized carbons (Fsp3) is 0.826. The first kappa shape index (κ1) is 20.7. The lowest BCUT2D eigenvalue weighted by Gasteiger charge is -2.35. The zero-order valence-electron chi connectivity index (χ0n) is 17.9. The lowest BCUT2D eigenvalue weighted by Crippen LogP contribution is -2.47. The first-order valence-electron chi connectivity index (χ1n) is 11.7. The van der Waals surface area contributed by atoms with E-state index in [9.17, 15) is 9.59 Å². The molecule has 0 aromatic carbocycles. The molecule has 6 nitrogen and oxygen atoms in total. The van der Waals surface area contributed by atoms with Gasteiger partial charge in [-0.2, -0.15) is 0 Å². The smallest absolute Gasteiger partial charge is 0.409 e. The van der Waals surface area contributed by atoms with Crippen molar-refractivity contribution in [3.8, 4) is 0 Å². The molecule has 0 aromatic heterocycles. The number of hydrogen-bond donors (Lipinski definition) is 1. The van der Waals surface area contributed by atoms with E-state index >= 15 is 0 Å². The molecule has 2 heterocycles. The Morgan fingerprint density at radius 1 is 1.10 bits per heavy atom. The first-order chi connectivity index (χ1) is 14.1. The van der Waals surface area contributed by atoms with Crippen LogP contribution >= 0.6 is 0 Å². The standard InChI is InChI=1S/C23H37N3O3/c1-2-29-22(28)26-12-8-19(9-13-26)24-21(27)20-16-23(20)10-14-25(15-11-23)17-18-6-4-3-5-7-18/h3-4,18-20H,2,5-17H2,1H3,(H,24,27)/t18-,20-/m0/s1. The molecule has 1 saturated carbocycles. The van der Waals surface area contributed by atoms with Crippen LogP contribution in [-0.4, -0.2) is 67.2 Å². The van der Waals surface area contributed by atoms with Gasteiger partial charge < -0.3 is 19.9 Å². The van der Waals surface area contributed by atoms with E-state index < -0.39 is 0 Å². The van der Waals surface area contributed by atoms with Crippen molar-refractivity contribution in [3.63, 3.8) is 0 Å². The zero-order valence-corrected chi connectivity index (χ0v) is 17.9. The Bertz CT molecular complexity index is 619. The van der Waals surface area contributed by atoms with Gasteiger partial charge in [-0.05, 0) is 82.7 Å². The molecule has 6 heteroatoms. The summed E-state index contributed by atoms with van der Waals surface area (Å²) in [6.45, 7) is 7.12.